The quantitative estimate of drug-likeness (QED) is 0.243. The molecule has 3 aromatic heterocycles. The van der Waals surface area contributed by atoms with Gasteiger partial charge in [-0.3, -0.25) is 4.99 Å². The third-order valence-corrected chi connectivity index (χ3v) is 6.45. The standard InChI is InChI=1S/C24H25FN4OS/c1-5-27-18-12-20(19-9-7-14(3)30-19)31-23(18)24(26)28-11-10-16-15(4)29-22-17(25)8-6-13(2)21(16)22/h5-9,12,27,29H,1,10-11H2,2-4H3,(H2,26,28). The highest BCUT2D eigenvalue weighted by Crippen LogP contribution is 2.36. The molecular weight excluding hydrogens is 411 g/mol. The molecule has 0 bridgehead atoms. The van der Waals surface area contributed by atoms with Crippen molar-refractivity contribution in [3.8, 4) is 10.6 Å². The number of hydrogen-bond acceptors (Lipinski definition) is 4. The molecule has 0 radical (unpaired) electrons. The Kier molecular flexibility index (Phi) is 5.69. The van der Waals surface area contributed by atoms with Gasteiger partial charge < -0.3 is 20.5 Å². The number of hydrogen-bond donors (Lipinski definition) is 3. The third-order valence-electron chi connectivity index (χ3n) is 5.28. The second-order valence-corrected chi connectivity index (χ2v) is 8.52. The van der Waals surface area contributed by atoms with E-state index in [9.17, 15) is 4.39 Å². The molecule has 0 unspecified atom stereocenters. The Bertz CT molecular complexity index is 1290. The number of nitrogens with zero attached hydrogens (tertiary/aromatic N) is 1. The lowest BCUT2D eigenvalue weighted by Crippen LogP contribution is -2.14. The van der Waals surface area contributed by atoms with Crippen molar-refractivity contribution >= 4 is 33.8 Å². The summed E-state index contributed by atoms with van der Waals surface area (Å²) < 4.78 is 19.9. The van der Waals surface area contributed by atoms with Gasteiger partial charge in [0.15, 0.2) is 0 Å². The first kappa shape index (κ1) is 20.9. The molecule has 4 aromatic rings. The number of nitrogens with one attached hydrogen (secondary N) is 2. The predicted molar refractivity (Wildman–Crippen MR) is 128 cm³/mol. The van der Waals surface area contributed by atoms with E-state index in [0.717, 1.165) is 49.2 Å². The Morgan fingerprint density at radius 2 is 2.10 bits per heavy atom. The third kappa shape index (κ3) is 4.01. The van der Waals surface area contributed by atoms with Crippen LogP contribution in [0.2, 0.25) is 0 Å². The summed E-state index contributed by atoms with van der Waals surface area (Å²) in [6, 6.07) is 9.16. The fourth-order valence-electron chi connectivity index (χ4n) is 3.80. The van der Waals surface area contributed by atoms with Crippen LogP contribution in [0.1, 0.15) is 27.5 Å². The van der Waals surface area contributed by atoms with E-state index in [1.54, 1.807) is 6.20 Å². The van der Waals surface area contributed by atoms with Crippen LogP contribution in [-0.2, 0) is 6.42 Å². The lowest BCUT2D eigenvalue weighted by Gasteiger charge is -2.05. The number of fused-ring (bicyclic) bond motifs is 1. The second kappa shape index (κ2) is 8.43. The van der Waals surface area contributed by atoms with Gasteiger partial charge in [-0.25, -0.2) is 4.39 Å². The van der Waals surface area contributed by atoms with E-state index < -0.39 is 0 Å². The van der Waals surface area contributed by atoms with Gasteiger partial charge in [0.05, 0.1) is 21.0 Å². The molecule has 5 nitrogen and oxygen atoms in total. The molecule has 31 heavy (non-hydrogen) atoms. The Morgan fingerprint density at radius 3 is 2.81 bits per heavy atom. The molecule has 0 saturated heterocycles. The molecule has 3 heterocycles. The van der Waals surface area contributed by atoms with Crippen LogP contribution in [0.25, 0.3) is 21.5 Å². The molecule has 1 aromatic carbocycles. The van der Waals surface area contributed by atoms with E-state index in [2.05, 4.69) is 21.9 Å². The van der Waals surface area contributed by atoms with Gasteiger partial charge in [0, 0.05) is 17.6 Å². The van der Waals surface area contributed by atoms with Crippen LogP contribution in [0.15, 0.2) is 52.5 Å². The van der Waals surface area contributed by atoms with Gasteiger partial charge in [0.2, 0.25) is 0 Å². The molecule has 0 amide bonds. The molecule has 4 N–H and O–H groups in total. The number of nitrogens with two attached hydrogens (primary N) is 1. The number of aromatic nitrogens is 1. The highest BCUT2D eigenvalue weighted by molar-refractivity contribution is 7.18. The van der Waals surface area contributed by atoms with Crippen LogP contribution in [0.3, 0.4) is 0 Å². The summed E-state index contributed by atoms with van der Waals surface area (Å²) in [6.45, 7) is 10.1. The first-order chi connectivity index (χ1) is 14.9. The van der Waals surface area contributed by atoms with Crippen LogP contribution in [0.4, 0.5) is 10.1 Å². The smallest absolute Gasteiger partial charge is 0.147 e. The minimum atomic E-state index is -0.239. The van der Waals surface area contributed by atoms with E-state index >= 15 is 0 Å². The fraction of sp³-hybridized carbons (Fsp3) is 0.208. The topological polar surface area (TPSA) is 79.3 Å². The summed E-state index contributed by atoms with van der Waals surface area (Å²) in [5.74, 6) is 1.85. The zero-order chi connectivity index (χ0) is 22.1. The number of aryl methyl sites for hydroxylation is 3. The number of benzene rings is 1. The van der Waals surface area contributed by atoms with Crippen molar-refractivity contribution in [2.75, 3.05) is 11.9 Å². The van der Waals surface area contributed by atoms with Crippen LogP contribution in [0, 0.1) is 26.6 Å². The van der Waals surface area contributed by atoms with Crippen molar-refractivity contribution in [3.63, 3.8) is 0 Å². The number of aliphatic imine (C=N–C) groups is 1. The van der Waals surface area contributed by atoms with Crippen molar-refractivity contribution in [1.29, 1.82) is 0 Å². The van der Waals surface area contributed by atoms with Gasteiger partial charge in [-0.05, 0) is 68.8 Å². The maximum absolute atomic E-state index is 14.2. The number of thiophene rings is 1. The molecule has 0 aliphatic rings. The molecule has 0 saturated carbocycles. The zero-order valence-electron chi connectivity index (χ0n) is 17.8. The molecule has 4 rings (SSSR count). The second-order valence-electron chi connectivity index (χ2n) is 7.47. The van der Waals surface area contributed by atoms with Gasteiger partial charge in [0.25, 0.3) is 0 Å². The Balaban J connectivity index is 1.60. The van der Waals surface area contributed by atoms with E-state index in [-0.39, 0.29) is 5.82 Å². The Labute approximate surface area is 184 Å². The van der Waals surface area contributed by atoms with E-state index in [0.29, 0.717) is 24.3 Å². The molecule has 0 aliphatic carbocycles. The van der Waals surface area contributed by atoms with E-state index in [1.165, 1.54) is 17.4 Å². The highest BCUT2D eigenvalue weighted by Gasteiger charge is 2.16. The van der Waals surface area contributed by atoms with Crippen molar-refractivity contribution < 1.29 is 8.81 Å². The van der Waals surface area contributed by atoms with Gasteiger partial charge in [-0.2, -0.15) is 0 Å². The summed E-state index contributed by atoms with van der Waals surface area (Å²) >= 11 is 1.52. The first-order valence-electron chi connectivity index (χ1n) is 10.0. The first-order valence-corrected chi connectivity index (χ1v) is 10.8. The van der Waals surface area contributed by atoms with E-state index in [1.807, 2.05) is 45.0 Å². The van der Waals surface area contributed by atoms with Crippen molar-refractivity contribution in [1.82, 2.24) is 4.98 Å². The van der Waals surface area contributed by atoms with E-state index in [4.69, 9.17) is 10.2 Å². The van der Waals surface area contributed by atoms with Crippen LogP contribution < -0.4 is 11.1 Å². The minimum absolute atomic E-state index is 0.239. The Morgan fingerprint density at radius 1 is 1.29 bits per heavy atom. The summed E-state index contributed by atoms with van der Waals surface area (Å²) in [5, 5.41) is 4.07. The van der Waals surface area contributed by atoms with Gasteiger partial charge >= 0.3 is 0 Å². The minimum Gasteiger partial charge on any atom is -0.461 e. The summed E-state index contributed by atoms with van der Waals surface area (Å²) in [7, 11) is 0. The summed E-state index contributed by atoms with van der Waals surface area (Å²) in [5.41, 5.74) is 10.8. The number of furan rings is 1. The van der Waals surface area contributed by atoms with Crippen molar-refractivity contribution in [3.05, 3.63) is 76.4 Å². The molecule has 0 fully saturated rings. The maximum atomic E-state index is 14.2. The average Bonchev–Trinajstić information content (AvgIpc) is 3.43. The van der Waals surface area contributed by atoms with Gasteiger partial charge in [-0.15, -0.1) is 11.3 Å². The number of H-pyrrole nitrogens is 1. The normalized spacial score (nSPS) is 11.9. The molecule has 7 heteroatoms. The number of anilines is 1. The zero-order valence-corrected chi connectivity index (χ0v) is 18.6. The van der Waals surface area contributed by atoms with Crippen LogP contribution >= 0.6 is 11.3 Å². The molecule has 0 aliphatic heterocycles. The van der Waals surface area contributed by atoms with Crippen LogP contribution in [0.5, 0.6) is 0 Å². The van der Waals surface area contributed by atoms with Crippen molar-refractivity contribution in [2.24, 2.45) is 10.7 Å². The largest absolute Gasteiger partial charge is 0.461 e. The predicted octanol–water partition coefficient (Wildman–Crippen LogP) is 6.06. The van der Waals surface area contributed by atoms with Gasteiger partial charge in [0.1, 0.15) is 23.2 Å². The number of aromatic amines is 1. The Hall–Kier alpha value is -3.32. The molecule has 160 valence electrons. The number of halogens is 1. The van der Waals surface area contributed by atoms with Gasteiger partial charge in [-0.1, -0.05) is 12.6 Å². The lowest BCUT2D eigenvalue weighted by molar-refractivity contribution is 0.549. The SMILES string of the molecule is C=CNc1cc(-c2ccc(C)o2)sc1C(N)=NCCc1c(C)[nH]c2c(F)ccc(C)c12. The lowest BCUT2D eigenvalue weighted by atomic mass is 10.0. The van der Waals surface area contributed by atoms with Crippen LogP contribution in [-0.4, -0.2) is 17.4 Å². The molecule has 0 atom stereocenters. The summed E-state index contributed by atoms with van der Waals surface area (Å²) in [6.07, 6.45) is 2.28. The highest BCUT2D eigenvalue weighted by atomic mass is 32.1. The average molecular weight is 437 g/mol. The maximum Gasteiger partial charge on any atom is 0.147 e. The molecular formula is C24H25FN4OS. The van der Waals surface area contributed by atoms with Crippen molar-refractivity contribution in [2.45, 2.75) is 27.2 Å². The summed E-state index contributed by atoms with van der Waals surface area (Å²) in [4.78, 5) is 9.59. The molecule has 0 spiro atoms. The fourth-order valence-corrected chi connectivity index (χ4v) is 4.81. The monoisotopic (exact) mass is 436 g/mol. The number of amidine groups is 1. The number of rotatable bonds is 7.